The van der Waals surface area contributed by atoms with Gasteiger partial charge in [-0.05, 0) is 38.8 Å². The van der Waals surface area contributed by atoms with Gasteiger partial charge in [-0.15, -0.1) is 23.5 Å². The highest BCUT2D eigenvalue weighted by Gasteiger charge is 2.35. The maximum absolute atomic E-state index is 11.9. The summed E-state index contributed by atoms with van der Waals surface area (Å²) in [6.07, 6.45) is 0. The van der Waals surface area contributed by atoms with Crippen LogP contribution in [0.2, 0.25) is 0 Å². The Morgan fingerprint density at radius 1 is 1.27 bits per heavy atom. The molecule has 0 aromatic heterocycles. The fourth-order valence-electron chi connectivity index (χ4n) is 2.46. The number of carbonyl (C=O) groups excluding carboxylic acids is 2. The second-order valence-corrected chi connectivity index (χ2v) is 8.89. The van der Waals surface area contributed by atoms with Gasteiger partial charge in [0.25, 0.3) is 0 Å². The van der Waals surface area contributed by atoms with Gasteiger partial charge in [0.2, 0.25) is 5.91 Å². The van der Waals surface area contributed by atoms with E-state index in [1.54, 1.807) is 30.4 Å². The fourth-order valence-corrected chi connectivity index (χ4v) is 4.85. The summed E-state index contributed by atoms with van der Waals surface area (Å²) in [5, 5.41) is 0.434. The summed E-state index contributed by atoms with van der Waals surface area (Å²) in [5.41, 5.74) is 2.37. The molecule has 0 aliphatic carbocycles. The molecule has 1 aromatic carbocycles. The molecule has 1 aromatic rings. The molecule has 1 aliphatic rings. The molecule has 2 rings (SSSR count). The zero-order valence-electron chi connectivity index (χ0n) is 13.7. The molecule has 4 unspecified atom stereocenters. The Balaban J connectivity index is 2.07. The summed E-state index contributed by atoms with van der Waals surface area (Å²) in [6, 6.07) is 8.43. The lowest BCUT2D eigenvalue weighted by molar-refractivity contribution is -0.128. The van der Waals surface area contributed by atoms with Crippen molar-refractivity contribution in [3.63, 3.8) is 0 Å². The van der Waals surface area contributed by atoms with Crippen LogP contribution in [0.25, 0.3) is 0 Å². The van der Waals surface area contributed by atoms with Crippen LogP contribution >= 0.6 is 23.5 Å². The van der Waals surface area contributed by atoms with Crippen molar-refractivity contribution in [3.05, 3.63) is 35.4 Å². The Kier molecular flexibility index (Phi) is 5.61. The highest BCUT2D eigenvalue weighted by Crippen LogP contribution is 2.42. The van der Waals surface area contributed by atoms with Crippen LogP contribution in [-0.4, -0.2) is 34.1 Å². The van der Waals surface area contributed by atoms with Gasteiger partial charge < -0.3 is 4.90 Å². The van der Waals surface area contributed by atoms with Crippen LogP contribution in [0.1, 0.15) is 49.4 Å². The van der Waals surface area contributed by atoms with E-state index < -0.39 is 0 Å². The SMILES string of the molecule is CC(=O)C(C)SC(C)c1ccc(C2SC(C)C(=O)N2C)cc1. The Hall–Kier alpha value is -0.940. The van der Waals surface area contributed by atoms with E-state index in [4.69, 9.17) is 0 Å². The summed E-state index contributed by atoms with van der Waals surface area (Å²) in [7, 11) is 1.87. The number of benzene rings is 1. The molecule has 0 N–H and O–H groups in total. The van der Waals surface area contributed by atoms with Crippen LogP contribution in [0.15, 0.2) is 24.3 Å². The molecule has 3 nitrogen and oxygen atoms in total. The molecule has 0 saturated carbocycles. The number of nitrogens with zero attached hydrogens (tertiary/aromatic N) is 1. The number of carbonyl (C=O) groups is 2. The van der Waals surface area contributed by atoms with Gasteiger partial charge in [-0.3, -0.25) is 9.59 Å². The molecule has 5 heteroatoms. The maximum Gasteiger partial charge on any atom is 0.236 e. The van der Waals surface area contributed by atoms with Crippen molar-refractivity contribution in [1.82, 2.24) is 4.90 Å². The highest BCUT2D eigenvalue weighted by molar-refractivity contribution is 8.01. The molecule has 1 aliphatic heterocycles. The van der Waals surface area contributed by atoms with Crippen molar-refractivity contribution < 1.29 is 9.59 Å². The Morgan fingerprint density at radius 2 is 1.86 bits per heavy atom. The average Bonchev–Trinajstić information content (AvgIpc) is 2.75. The van der Waals surface area contributed by atoms with Crippen LogP contribution in [0.4, 0.5) is 0 Å². The van der Waals surface area contributed by atoms with Crippen LogP contribution in [0, 0.1) is 0 Å². The number of ketones is 1. The third kappa shape index (κ3) is 3.69. The van der Waals surface area contributed by atoms with Gasteiger partial charge in [0.15, 0.2) is 0 Å². The Bertz CT molecular complexity index is 558. The van der Waals surface area contributed by atoms with E-state index in [-0.39, 0.29) is 32.8 Å². The lowest BCUT2D eigenvalue weighted by Gasteiger charge is -2.20. The fraction of sp³-hybridized carbons (Fsp3) is 0.529. The van der Waals surface area contributed by atoms with E-state index in [9.17, 15) is 9.59 Å². The molecule has 1 amide bonds. The van der Waals surface area contributed by atoms with E-state index in [0.29, 0.717) is 0 Å². The van der Waals surface area contributed by atoms with E-state index in [2.05, 4.69) is 31.2 Å². The van der Waals surface area contributed by atoms with E-state index >= 15 is 0 Å². The van der Waals surface area contributed by atoms with Crippen LogP contribution in [0.3, 0.4) is 0 Å². The predicted octanol–water partition coefficient (Wildman–Crippen LogP) is 4.05. The van der Waals surface area contributed by atoms with Crippen molar-refractivity contribution in [1.29, 1.82) is 0 Å². The molecule has 1 fully saturated rings. The highest BCUT2D eigenvalue weighted by atomic mass is 32.2. The van der Waals surface area contributed by atoms with Gasteiger partial charge in [-0.2, -0.15) is 0 Å². The smallest absolute Gasteiger partial charge is 0.236 e. The maximum atomic E-state index is 11.9. The molecule has 0 spiro atoms. The quantitative estimate of drug-likeness (QED) is 0.812. The Morgan fingerprint density at radius 3 is 2.32 bits per heavy atom. The summed E-state index contributed by atoms with van der Waals surface area (Å²) in [4.78, 5) is 25.1. The third-order valence-electron chi connectivity index (χ3n) is 4.05. The van der Waals surface area contributed by atoms with Crippen molar-refractivity contribution in [2.75, 3.05) is 7.05 Å². The third-order valence-corrected chi connectivity index (χ3v) is 6.93. The molecule has 120 valence electrons. The van der Waals surface area contributed by atoms with Crippen LogP contribution < -0.4 is 0 Å². The molecule has 0 radical (unpaired) electrons. The minimum atomic E-state index is 0.0182. The van der Waals surface area contributed by atoms with Crippen molar-refractivity contribution >= 4 is 35.2 Å². The predicted molar refractivity (Wildman–Crippen MR) is 95.2 cm³/mol. The van der Waals surface area contributed by atoms with E-state index in [1.807, 2.05) is 25.8 Å². The van der Waals surface area contributed by atoms with Gasteiger partial charge >= 0.3 is 0 Å². The number of amides is 1. The van der Waals surface area contributed by atoms with Crippen molar-refractivity contribution in [3.8, 4) is 0 Å². The van der Waals surface area contributed by atoms with Crippen LogP contribution in [0.5, 0.6) is 0 Å². The normalized spacial score (nSPS) is 24.4. The molecule has 1 heterocycles. The van der Waals surface area contributed by atoms with Crippen LogP contribution in [-0.2, 0) is 9.59 Å². The Labute approximate surface area is 141 Å². The lowest BCUT2D eigenvalue weighted by Crippen LogP contribution is -2.25. The number of hydrogen-bond donors (Lipinski definition) is 0. The largest absolute Gasteiger partial charge is 0.329 e. The minimum Gasteiger partial charge on any atom is -0.329 e. The molecule has 22 heavy (non-hydrogen) atoms. The molecule has 0 bridgehead atoms. The number of Topliss-reactive ketones (excluding diaryl/α,β-unsaturated/α-hetero) is 1. The molecule has 4 atom stereocenters. The molecular weight excluding hydrogens is 314 g/mol. The number of rotatable bonds is 5. The van der Waals surface area contributed by atoms with Gasteiger partial charge in [-0.25, -0.2) is 0 Å². The second kappa shape index (κ2) is 7.09. The molecular formula is C17H23NO2S2. The van der Waals surface area contributed by atoms with Gasteiger partial charge in [0.1, 0.15) is 11.2 Å². The zero-order chi connectivity index (χ0) is 16.4. The minimum absolute atomic E-state index is 0.0182. The first-order chi connectivity index (χ1) is 10.3. The van der Waals surface area contributed by atoms with Crippen molar-refractivity contribution in [2.45, 2.75) is 48.8 Å². The summed E-state index contributed by atoms with van der Waals surface area (Å²) >= 11 is 3.37. The summed E-state index contributed by atoms with van der Waals surface area (Å²) in [5.74, 6) is 0.406. The first-order valence-corrected chi connectivity index (χ1v) is 9.37. The lowest BCUT2D eigenvalue weighted by atomic mass is 10.1. The first kappa shape index (κ1) is 17.4. The first-order valence-electron chi connectivity index (χ1n) is 7.49. The standard InChI is InChI=1S/C17H23NO2S2/c1-10(19)11(2)21-12(3)14-6-8-15(9-7-14)17-18(5)16(20)13(4)22-17/h6-9,11-13,17H,1-5H3. The summed E-state index contributed by atoms with van der Waals surface area (Å²) in [6.45, 7) is 7.68. The van der Waals surface area contributed by atoms with E-state index in [0.717, 1.165) is 5.56 Å². The number of hydrogen-bond acceptors (Lipinski definition) is 4. The van der Waals surface area contributed by atoms with Crippen molar-refractivity contribution in [2.24, 2.45) is 0 Å². The zero-order valence-corrected chi connectivity index (χ0v) is 15.3. The number of thioether (sulfide) groups is 2. The van der Waals surface area contributed by atoms with Gasteiger partial charge in [0.05, 0.1) is 10.5 Å². The van der Waals surface area contributed by atoms with E-state index in [1.165, 1.54) is 5.56 Å². The monoisotopic (exact) mass is 337 g/mol. The molecule has 1 saturated heterocycles. The second-order valence-electron chi connectivity index (χ2n) is 5.78. The topological polar surface area (TPSA) is 37.4 Å². The summed E-state index contributed by atoms with van der Waals surface area (Å²) < 4.78 is 0. The van der Waals surface area contributed by atoms with Gasteiger partial charge in [-0.1, -0.05) is 24.3 Å². The average molecular weight is 338 g/mol. The van der Waals surface area contributed by atoms with Gasteiger partial charge in [0, 0.05) is 12.3 Å².